The standard InChI is InChI=1S/C16H14N4O2S/c17-11-3-1-10(2-4-11)7-12-5-6-13(23-12)8-14(21)15(22)16-18-9-19-20-16/h1-6,9H,7-8,17H2,(H,18,19,20). The first-order valence-corrected chi connectivity index (χ1v) is 7.78. The lowest BCUT2D eigenvalue weighted by molar-refractivity contribution is -0.114. The molecule has 3 rings (SSSR count). The molecule has 0 atom stereocenters. The number of hydrogen-bond donors (Lipinski definition) is 2. The maximum atomic E-state index is 12.0. The van der Waals surface area contributed by atoms with Gasteiger partial charge >= 0.3 is 0 Å². The van der Waals surface area contributed by atoms with Gasteiger partial charge in [-0.1, -0.05) is 12.1 Å². The summed E-state index contributed by atoms with van der Waals surface area (Å²) in [7, 11) is 0. The van der Waals surface area contributed by atoms with Crippen molar-refractivity contribution in [2.45, 2.75) is 12.8 Å². The summed E-state index contributed by atoms with van der Waals surface area (Å²) in [6.07, 6.45) is 2.05. The van der Waals surface area contributed by atoms with Crippen LogP contribution in [0.25, 0.3) is 0 Å². The molecule has 1 aromatic carbocycles. The molecule has 0 amide bonds. The van der Waals surface area contributed by atoms with E-state index >= 15 is 0 Å². The van der Waals surface area contributed by atoms with Gasteiger partial charge in [0.1, 0.15) is 6.33 Å². The van der Waals surface area contributed by atoms with Crippen molar-refractivity contribution in [1.29, 1.82) is 0 Å². The molecule has 116 valence electrons. The van der Waals surface area contributed by atoms with Gasteiger partial charge < -0.3 is 5.73 Å². The molecular formula is C16H14N4O2S. The summed E-state index contributed by atoms with van der Waals surface area (Å²) < 4.78 is 0. The highest BCUT2D eigenvalue weighted by atomic mass is 32.1. The lowest BCUT2D eigenvalue weighted by Gasteiger charge is -1.99. The maximum absolute atomic E-state index is 12.0. The number of rotatable bonds is 6. The number of aromatic nitrogens is 3. The van der Waals surface area contributed by atoms with Crippen molar-refractivity contribution in [3.63, 3.8) is 0 Å². The Morgan fingerprint density at radius 2 is 1.83 bits per heavy atom. The number of ketones is 2. The van der Waals surface area contributed by atoms with Crippen molar-refractivity contribution in [3.8, 4) is 0 Å². The number of nitrogens with one attached hydrogen (secondary N) is 1. The van der Waals surface area contributed by atoms with Gasteiger partial charge in [0, 0.05) is 28.3 Å². The first-order valence-electron chi connectivity index (χ1n) is 6.97. The molecule has 0 aliphatic carbocycles. The van der Waals surface area contributed by atoms with Crippen LogP contribution in [0.5, 0.6) is 0 Å². The van der Waals surface area contributed by atoms with Crippen LogP contribution in [0, 0.1) is 0 Å². The van der Waals surface area contributed by atoms with E-state index in [2.05, 4.69) is 15.2 Å². The molecule has 23 heavy (non-hydrogen) atoms. The van der Waals surface area contributed by atoms with Crippen LogP contribution in [0.3, 0.4) is 0 Å². The molecule has 7 heteroatoms. The summed E-state index contributed by atoms with van der Waals surface area (Å²) in [6.45, 7) is 0. The Morgan fingerprint density at radius 1 is 1.09 bits per heavy atom. The largest absolute Gasteiger partial charge is 0.399 e. The van der Waals surface area contributed by atoms with E-state index in [-0.39, 0.29) is 12.2 Å². The number of Topliss-reactive ketones (excluding diaryl/α,β-unsaturated/α-hetero) is 2. The van der Waals surface area contributed by atoms with Gasteiger partial charge in [-0.3, -0.25) is 14.7 Å². The van der Waals surface area contributed by atoms with E-state index in [4.69, 9.17) is 5.73 Å². The predicted molar refractivity (Wildman–Crippen MR) is 87.4 cm³/mol. The van der Waals surface area contributed by atoms with Crippen LogP contribution >= 0.6 is 11.3 Å². The number of nitrogens with two attached hydrogens (primary N) is 1. The molecule has 0 saturated heterocycles. The molecule has 0 saturated carbocycles. The minimum atomic E-state index is -0.643. The highest BCUT2D eigenvalue weighted by Crippen LogP contribution is 2.21. The third-order valence-corrected chi connectivity index (χ3v) is 4.38. The van der Waals surface area contributed by atoms with Crippen LogP contribution < -0.4 is 5.73 Å². The average molecular weight is 326 g/mol. The summed E-state index contributed by atoms with van der Waals surface area (Å²) in [5.41, 5.74) is 7.55. The monoisotopic (exact) mass is 326 g/mol. The van der Waals surface area contributed by atoms with E-state index in [0.717, 1.165) is 27.4 Å². The zero-order valence-corrected chi connectivity index (χ0v) is 13.0. The molecule has 0 fully saturated rings. The topological polar surface area (TPSA) is 102 Å². The number of thiophene rings is 1. The Bertz CT molecular complexity index is 822. The van der Waals surface area contributed by atoms with Gasteiger partial charge in [-0.25, -0.2) is 4.98 Å². The lowest BCUT2D eigenvalue weighted by atomic mass is 10.1. The van der Waals surface area contributed by atoms with Gasteiger partial charge in [0.2, 0.25) is 5.78 Å². The number of anilines is 1. The summed E-state index contributed by atoms with van der Waals surface area (Å²) in [6, 6.07) is 11.5. The first kappa shape index (κ1) is 15.1. The summed E-state index contributed by atoms with van der Waals surface area (Å²) in [5.74, 6) is -1.16. The second-order valence-electron chi connectivity index (χ2n) is 5.05. The zero-order chi connectivity index (χ0) is 16.2. The highest BCUT2D eigenvalue weighted by molar-refractivity contribution is 7.12. The van der Waals surface area contributed by atoms with Crippen molar-refractivity contribution in [2.24, 2.45) is 0 Å². The Labute approximate surface area is 136 Å². The molecule has 0 unspecified atom stereocenters. The molecule has 0 spiro atoms. The molecule has 0 aliphatic heterocycles. The van der Waals surface area contributed by atoms with Crippen molar-refractivity contribution in [1.82, 2.24) is 15.2 Å². The molecule has 3 aromatic rings. The van der Waals surface area contributed by atoms with Gasteiger partial charge in [0.15, 0.2) is 5.82 Å². The predicted octanol–water partition coefficient (Wildman–Crippen LogP) is 2.03. The van der Waals surface area contributed by atoms with E-state index in [1.807, 2.05) is 36.4 Å². The second-order valence-corrected chi connectivity index (χ2v) is 6.30. The van der Waals surface area contributed by atoms with Crippen molar-refractivity contribution in [2.75, 3.05) is 5.73 Å². The normalized spacial score (nSPS) is 10.6. The van der Waals surface area contributed by atoms with Crippen LogP contribution in [-0.2, 0) is 17.6 Å². The third kappa shape index (κ3) is 3.70. The molecule has 0 radical (unpaired) electrons. The van der Waals surface area contributed by atoms with Crippen LogP contribution in [0.1, 0.15) is 25.9 Å². The zero-order valence-electron chi connectivity index (χ0n) is 12.2. The Balaban J connectivity index is 1.64. The van der Waals surface area contributed by atoms with Crippen molar-refractivity contribution >= 4 is 28.6 Å². The van der Waals surface area contributed by atoms with Crippen molar-refractivity contribution < 1.29 is 9.59 Å². The minimum absolute atomic E-state index is 0.0198. The summed E-state index contributed by atoms with van der Waals surface area (Å²) in [5, 5.41) is 5.98. The van der Waals surface area contributed by atoms with Gasteiger partial charge in [-0.2, -0.15) is 5.10 Å². The van der Waals surface area contributed by atoms with Crippen molar-refractivity contribution in [3.05, 3.63) is 63.9 Å². The molecular weight excluding hydrogens is 312 g/mol. The highest BCUT2D eigenvalue weighted by Gasteiger charge is 2.19. The number of carbonyl (C=O) groups is 2. The molecule has 2 heterocycles. The molecule has 0 aliphatic rings. The second kappa shape index (κ2) is 6.53. The van der Waals surface area contributed by atoms with Crippen LogP contribution in [-0.4, -0.2) is 26.7 Å². The number of benzene rings is 1. The number of hydrogen-bond acceptors (Lipinski definition) is 6. The third-order valence-electron chi connectivity index (χ3n) is 3.29. The SMILES string of the molecule is Nc1ccc(Cc2ccc(CC(=O)C(=O)c3ncn[nH]3)s2)cc1. The van der Waals surface area contributed by atoms with Gasteiger partial charge in [-0.05, 0) is 29.8 Å². The molecule has 0 bridgehead atoms. The summed E-state index contributed by atoms with van der Waals surface area (Å²) >= 11 is 1.52. The number of H-pyrrole nitrogens is 1. The van der Waals surface area contributed by atoms with Crippen LogP contribution in [0.2, 0.25) is 0 Å². The Morgan fingerprint density at radius 3 is 2.52 bits per heavy atom. The van der Waals surface area contributed by atoms with E-state index in [0.29, 0.717) is 0 Å². The van der Waals surface area contributed by atoms with Gasteiger partial charge in [0.05, 0.1) is 0 Å². The fourth-order valence-corrected chi connectivity index (χ4v) is 3.19. The number of carbonyl (C=O) groups excluding carboxylic acids is 2. The maximum Gasteiger partial charge on any atom is 0.265 e. The van der Waals surface area contributed by atoms with E-state index in [1.165, 1.54) is 17.7 Å². The number of nitrogen functional groups attached to an aromatic ring is 1. The lowest BCUT2D eigenvalue weighted by Crippen LogP contribution is -2.17. The Hall–Kier alpha value is -2.80. The number of nitrogens with zero attached hydrogens (tertiary/aromatic N) is 2. The first-order chi connectivity index (χ1) is 11.1. The molecule has 2 aromatic heterocycles. The number of aromatic amines is 1. The smallest absolute Gasteiger partial charge is 0.265 e. The quantitative estimate of drug-likeness (QED) is 0.410. The minimum Gasteiger partial charge on any atom is -0.399 e. The average Bonchev–Trinajstić information content (AvgIpc) is 3.21. The van der Waals surface area contributed by atoms with Crippen LogP contribution in [0.4, 0.5) is 5.69 Å². The van der Waals surface area contributed by atoms with Gasteiger partial charge in [0.25, 0.3) is 5.78 Å². The van der Waals surface area contributed by atoms with E-state index in [1.54, 1.807) is 0 Å². The fraction of sp³-hybridized carbons (Fsp3) is 0.125. The molecule has 3 N–H and O–H groups in total. The fourth-order valence-electron chi connectivity index (χ4n) is 2.13. The Kier molecular flexibility index (Phi) is 4.29. The van der Waals surface area contributed by atoms with E-state index in [9.17, 15) is 9.59 Å². The molecule has 6 nitrogen and oxygen atoms in total. The van der Waals surface area contributed by atoms with E-state index < -0.39 is 11.6 Å². The van der Waals surface area contributed by atoms with Crippen LogP contribution in [0.15, 0.2) is 42.7 Å². The summed E-state index contributed by atoms with van der Waals surface area (Å²) in [4.78, 5) is 29.5. The van der Waals surface area contributed by atoms with Gasteiger partial charge in [-0.15, -0.1) is 11.3 Å².